The number of nitrogens with one attached hydrogen (secondary N) is 3. The molecule has 0 amide bonds. The Hall–Kier alpha value is -1.89. The Bertz CT molecular complexity index is 920. The van der Waals surface area contributed by atoms with Gasteiger partial charge in [-0.3, -0.25) is 0 Å². The molecule has 0 saturated heterocycles. The fourth-order valence-electron chi connectivity index (χ4n) is 2.69. The zero-order valence-corrected chi connectivity index (χ0v) is 21.9. The van der Waals surface area contributed by atoms with Crippen molar-refractivity contribution in [2.75, 3.05) is 33.9 Å². The van der Waals surface area contributed by atoms with E-state index in [1.54, 1.807) is 31.4 Å². The topological polar surface area (TPSA) is 101 Å². The molecule has 0 aliphatic carbocycles. The van der Waals surface area contributed by atoms with Gasteiger partial charge in [-0.1, -0.05) is 24.3 Å². The number of sulfonamides is 1. The van der Waals surface area contributed by atoms with E-state index in [9.17, 15) is 8.42 Å². The second-order valence-corrected chi connectivity index (χ2v) is 8.58. The highest BCUT2D eigenvalue weighted by atomic mass is 127. The Labute approximate surface area is 208 Å². The van der Waals surface area contributed by atoms with E-state index in [1.165, 1.54) is 7.05 Å². The average molecular weight is 577 g/mol. The first-order valence-electron chi connectivity index (χ1n) is 10.2. The molecule has 0 spiro atoms. The monoisotopic (exact) mass is 576 g/mol. The highest BCUT2D eigenvalue weighted by Crippen LogP contribution is 2.12. The van der Waals surface area contributed by atoms with Crippen molar-refractivity contribution in [3.05, 3.63) is 59.7 Å². The Kier molecular flexibility index (Phi) is 13.2. The Morgan fingerprint density at radius 2 is 1.66 bits per heavy atom. The number of hydrogen-bond donors (Lipinski definition) is 3. The number of aliphatic imine (C=N–C) groups is 1. The van der Waals surface area contributed by atoms with Crippen molar-refractivity contribution < 1.29 is 17.9 Å². The number of hydrogen-bond acceptors (Lipinski definition) is 5. The van der Waals surface area contributed by atoms with Crippen LogP contribution in [0.25, 0.3) is 0 Å². The van der Waals surface area contributed by atoms with Crippen LogP contribution in [0.5, 0.6) is 5.75 Å². The molecule has 2 aromatic rings. The minimum atomic E-state index is -3.44. The van der Waals surface area contributed by atoms with Gasteiger partial charge in [0.25, 0.3) is 0 Å². The molecule has 0 heterocycles. The number of methoxy groups -OCH3 is 1. The molecule has 0 aliphatic rings. The first-order valence-corrected chi connectivity index (χ1v) is 11.7. The molecule has 8 nitrogen and oxygen atoms in total. The van der Waals surface area contributed by atoms with Gasteiger partial charge in [0.05, 0.1) is 18.6 Å². The Balaban J connectivity index is 0.00000512. The van der Waals surface area contributed by atoms with Crippen molar-refractivity contribution in [2.24, 2.45) is 4.99 Å². The van der Waals surface area contributed by atoms with Gasteiger partial charge in [0.1, 0.15) is 5.75 Å². The van der Waals surface area contributed by atoms with E-state index in [0.717, 1.165) is 29.8 Å². The van der Waals surface area contributed by atoms with Crippen molar-refractivity contribution in [1.82, 2.24) is 15.4 Å². The second kappa shape index (κ2) is 15.0. The van der Waals surface area contributed by atoms with Crippen molar-refractivity contribution in [3.8, 4) is 5.75 Å². The summed E-state index contributed by atoms with van der Waals surface area (Å²) in [6.07, 6.45) is 0.869. The van der Waals surface area contributed by atoms with E-state index in [2.05, 4.69) is 20.3 Å². The highest BCUT2D eigenvalue weighted by molar-refractivity contribution is 14.0. The third kappa shape index (κ3) is 9.72. The van der Waals surface area contributed by atoms with Crippen LogP contribution in [0.1, 0.15) is 24.5 Å². The van der Waals surface area contributed by atoms with Gasteiger partial charge < -0.3 is 20.1 Å². The first kappa shape index (κ1) is 28.1. The molecular weight excluding hydrogens is 543 g/mol. The summed E-state index contributed by atoms with van der Waals surface area (Å²) < 4.78 is 36.6. The molecule has 10 heteroatoms. The third-order valence-electron chi connectivity index (χ3n) is 4.50. The largest absolute Gasteiger partial charge is 0.497 e. The Morgan fingerprint density at radius 3 is 2.25 bits per heavy atom. The minimum Gasteiger partial charge on any atom is -0.497 e. The number of ether oxygens (including phenoxy) is 2. The van der Waals surface area contributed by atoms with Gasteiger partial charge in [0.2, 0.25) is 10.0 Å². The van der Waals surface area contributed by atoms with Gasteiger partial charge in [-0.15, -0.1) is 24.0 Å². The lowest BCUT2D eigenvalue weighted by molar-refractivity contribution is 0.145. The van der Waals surface area contributed by atoms with Crippen molar-refractivity contribution in [2.45, 2.75) is 31.3 Å². The number of guanidine groups is 1. The highest BCUT2D eigenvalue weighted by Gasteiger charge is 2.10. The molecule has 0 fully saturated rings. The van der Waals surface area contributed by atoms with Crippen LogP contribution in [0.15, 0.2) is 58.4 Å². The maximum absolute atomic E-state index is 11.9. The lowest BCUT2D eigenvalue weighted by Crippen LogP contribution is -2.37. The smallest absolute Gasteiger partial charge is 0.240 e. The van der Waals surface area contributed by atoms with Crippen molar-refractivity contribution in [3.63, 3.8) is 0 Å². The Morgan fingerprint density at radius 1 is 1.00 bits per heavy atom. The van der Waals surface area contributed by atoms with Crippen molar-refractivity contribution in [1.29, 1.82) is 0 Å². The standard InChI is InChI=1S/C22H32N4O4S.HI/c1-4-30-15-5-14-24-22(25-16-18-6-10-20(29-3)11-7-18)26-17-19-8-12-21(13-9-19)31(27,28)23-2;/h6-13,23H,4-5,14-17H2,1-3H3,(H2,24,25,26);1H. The summed E-state index contributed by atoms with van der Waals surface area (Å²) in [6.45, 7) is 5.13. The van der Waals surface area contributed by atoms with E-state index in [1.807, 2.05) is 31.2 Å². The molecule has 2 aromatic carbocycles. The minimum absolute atomic E-state index is 0. The van der Waals surface area contributed by atoms with Gasteiger partial charge in [0, 0.05) is 26.3 Å². The van der Waals surface area contributed by atoms with Crippen LogP contribution in [-0.2, 0) is 27.8 Å². The van der Waals surface area contributed by atoms with Crippen LogP contribution in [0, 0.1) is 0 Å². The average Bonchev–Trinajstić information content (AvgIpc) is 2.80. The van der Waals surface area contributed by atoms with E-state index < -0.39 is 10.0 Å². The normalized spacial score (nSPS) is 11.5. The van der Waals surface area contributed by atoms with Crippen LogP contribution in [0.4, 0.5) is 0 Å². The maximum atomic E-state index is 11.9. The molecule has 0 atom stereocenters. The van der Waals surface area contributed by atoms with Crippen LogP contribution < -0.4 is 20.1 Å². The molecule has 32 heavy (non-hydrogen) atoms. The van der Waals surface area contributed by atoms with Crippen LogP contribution >= 0.6 is 24.0 Å². The number of benzene rings is 2. The molecule has 3 N–H and O–H groups in total. The molecular formula is C22H33IN4O4S. The van der Waals surface area contributed by atoms with Gasteiger partial charge in [0.15, 0.2) is 5.96 Å². The lowest BCUT2D eigenvalue weighted by Gasteiger charge is -2.13. The zero-order chi connectivity index (χ0) is 22.5. The summed E-state index contributed by atoms with van der Waals surface area (Å²) in [6, 6.07) is 14.5. The maximum Gasteiger partial charge on any atom is 0.240 e. The number of halogens is 1. The van der Waals surface area contributed by atoms with E-state index in [4.69, 9.17) is 9.47 Å². The zero-order valence-electron chi connectivity index (χ0n) is 18.8. The number of nitrogens with zero attached hydrogens (tertiary/aromatic N) is 1. The van der Waals surface area contributed by atoms with E-state index in [-0.39, 0.29) is 28.9 Å². The van der Waals surface area contributed by atoms with Crippen LogP contribution in [0.2, 0.25) is 0 Å². The third-order valence-corrected chi connectivity index (χ3v) is 5.93. The summed E-state index contributed by atoms with van der Waals surface area (Å²) in [4.78, 5) is 4.90. The van der Waals surface area contributed by atoms with E-state index in [0.29, 0.717) is 32.3 Å². The summed E-state index contributed by atoms with van der Waals surface area (Å²) in [5.41, 5.74) is 2.01. The molecule has 0 saturated carbocycles. The van der Waals surface area contributed by atoms with Crippen LogP contribution in [-0.4, -0.2) is 48.3 Å². The predicted molar refractivity (Wildman–Crippen MR) is 138 cm³/mol. The summed E-state index contributed by atoms with van der Waals surface area (Å²) in [5.74, 6) is 1.49. The molecule has 0 aromatic heterocycles. The lowest BCUT2D eigenvalue weighted by atomic mass is 10.2. The molecule has 0 bridgehead atoms. The van der Waals surface area contributed by atoms with Gasteiger partial charge in [-0.2, -0.15) is 0 Å². The van der Waals surface area contributed by atoms with Crippen LogP contribution in [0.3, 0.4) is 0 Å². The molecule has 0 radical (unpaired) electrons. The summed E-state index contributed by atoms with van der Waals surface area (Å²) in [5, 5.41) is 6.62. The molecule has 0 unspecified atom stereocenters. The fourth-order valence-corrected chi connectivity index (χ4v) is 3.42. The van der Waals surface area contributed by atoms with Gasteiger partial charge in [-0.05, 0) is 55.8 Å². The molecule has 178 valence electrons. The summed E-state index contributed by atoms with van der Waals surface area (Å²) >= 11 is 0. The SMILES string of the molecule is CCOCCCNC(=NCc1ccc(OC)cc1)NCc1ccc(S(=O)(=O)NC)cc1.I. The van der Waals surface area contributed by atoms with Gasteiger partial charge >= 0.3 is 0 Å². The van der Waals surface area contributed by atoms with Gasteiger partial charge in [-0.25, -0.2) is 18.1 Å². The van der Waals surface area contributed by atoms with Crippen molar-refractivity contribution >= 4 is 40.0 Å². The second-order valence-electron chi connectivity index (χ2n) is 6.70. The fraction of sp³-hybridized carbons (Fsp3) is 0.409. The molecule has 2 rings (SSSR count). The predicted octanol–water partition coefficient (Wildman–Crippen LogP) is 2.88. The van der Waals surface area contributed by atoms with E-state index >= 15 is 0 Å². The molecule has 0 aliphatic heterocycles. The number of rotatable bonds is 12. The first-order chi connectivity index (χ1) is 15.0. The quantitative estimate of drug-likeness (QED) is 0.156. The summed E-state index contributed by atoms with van der Waals surface area (Å²) in [7, 11) is -0.400.